The van der Waals surface area contributed by atoms with Crippen molar-refractivity contribution in [3.63, 3.8) is 0 Å². The number of nitrogens with zero attached hydrogens (tertiary/aromatic N) is 2. The minimum Gasteiger partial charge on any atom is -0.395 e. The molecule has 1 aliphatic rings. The summed E-state index contributed by atoms with van der Waals surface area (Å²) < 4.78 is 13.4. The molecule has 1 unspecified atom stereocenters. The van der Waals surface area contributed by atoms with Gasteiger partial charge in [-0.15, -0.1) is 0 Å². The maximum atomic E-state index is 13.4. The first-order valence-electron chi connectivity index (χ1n) is 7.41. The molecule has 1 amide bonds. The topological polar surface area (TPSA) is 65.5 Å². The van der Waals surface area contributed by atoms with Gasteiger partial charge < -0.3 is 10.4 Å². The smallest absolute Gasteiger partial charge is 0.226 e. The van der Waals surface area contributed by atoms with Crippen LogP contribution in [0.1, 0.15) is 25.0 Å². The molecular weight excluding hydrogens is 273 g/mol. The third kappa shape index (κ3) is 4.75. The third-order valence-electron chi connectivity index (χ3n) is 3.83. The van der Waals surface area contributed by atoms with Crippen LogP contribution < -0.4 is 5.32 Å². The van der Waals surface area contributed by atoms with Gasteiger partial charge in [-0.1, -0.05) is 6.42 Å². The molecule has 116 valence electrons. The normalized spacial score (nSPS) is 19.4. The van der Waals surface area contributed by atoms with Gasteiger partial charge in [-0.05, 0) is 31.5 Å². The monoisotopic (exact) mass is 295 g/mol. The molecule has 2 rings (SSSR count). The Bertz CT molecular complexity index is 468. The van der Waals surface area contributed by atoms with Gasteiger partial charge in [0.25, 0.3) is 0 Å². The molecule has 0 aromatic carbocycles. The zero-order chi connectivity index (χ0) is 15.1. The zero-order valence-electron chi connectivity index (χ0n) is 12.1. The molecule has 1 fully saturated rings. The lowest BCUT2D eigenvalue weighted by molar-refractivity contribution is -0.120. The Hall–Kier alpha value is -1.53. The van der Waals surface area contributed by atoms with E-state index in [4.69, 9.17) is 5.11 Å². The van der Waals surface area contributed by atoms with Crippen LogP contribution in [0.5, 0.6) is 0 Å². The lowest BCUT2D eigenvalue weighted by atomic mass is 10.0. The Labute approximate surface area is 124 Å². The van der Waals surface area contributed by atoms with Gasteiger partial charge in [-0.3, -0.25) is 14.7 Å². The summed E-state index contributed by atoms with van der Waals surface area (Å²) >= 11 is 0. The Morgan fingerprint density at radius 1 is 1.52 bits per heavy atom. The van der Waals surface area contributed by atoms with Crippen LogP contribution in [0.4, 0.5) is 4.39 Å². The van der Waals surface area contributed by atoms with Crippen molar-refractivity contribution in [1.82, 2.24) is 15.2 Å². The number of amides is 1. The van der Waals surface area contributed by atoms with Crippen LogP contribution in [-0.2, 0) is 11.2 Å². The van der Waals surface area contributed by atoms with Crippen LogP contribution in [0.3, 0.4) is 0 Å². The summed E-state index contributed by atoms with van der Waals surface area (Å²) in [5.74, 6) is -0.672. The van der Waals surface area contributed by atoms with E-state index in [1.165, 1.54) is 18.3 Å². The van der Waals surface area contributed by atoms with E-state index in [0.29, 0.717) is 13.1 Å². The SMILES string of the molecule is O=C(Cc1ncccc1F)NCC1CCCCN1CCO. The highest BCUT2D eigenvalue weighted by Gasteiger charge is 2.22. The first kappa shape index (κ1) is 15.9. The molecule has 1 aromatic rings. The fraction of sp³-hybridized carbons (Fsp3) is 0.600. The van der Waals surface area contributed by atoms with E-state index in [-0.39, 0.29) is 30.7 Å². The van der Waals surface area contributed by atoms with Crippen LogP contribution >= 0.6 is 0 Å². The van der Waals surface area contributed by atoms with E-state index in [1.807, 2.05) is 0 Å². The molecule has 5 nitrogen and oxygen atoms in total. The summed E-state index contributed by atoms with van der Waals surface area (Å²) in [6, 6.07) is 3.06. The Morgan fingerprint density at radius 3 is 3.14 bits per heavy atom. The number of aliphatic hydroxyl groups is 1. The number of hydrogen-bond acceptors (Lipinski definition) is 4. The Balaban J connectivity index is 1.81. The van der Waals surface area contributed by atoms with Crippen molar-refractivity contribution in [3.8, 4) is 0 Å². The van der Waals surface area contributed by atoms with Crippen LogP contribution in [0.25, 0.3) is 0 Å². The molecule has 1 aliphatic heterocycles. The first-order valence-corrected chi connectivity index (χ1v) is 7.41. The molecule has 0 radical (unpaired) electrons. The molecule has 0 aliphatic carbocycles. The maximum absolute atomic E-state index is 13.4. The summed E-state index contributed by atoms with van der Waals surface area (Å²) in [4.78, 5) is 18.0. The van der Waals surface area contributed by atoms with Gasteiger partial charge in [0.15, 0.2) is 0 Å². The van der Waals surface area contributed by atoms with Gasteiger partial charge in [-0.2, -0.15) is 0 Å². The number of aromatic nitrogens is 1. The lowest BCUT2D eigenvalue weighted by Gasteiger charge is -2.35. The van der Waals surface area contributed by atoms with Crippen molar-refractivity contribution < 1.29 is 14.3 Å². The fourth-order valence-corrected chi connectivity index (χ4v) is 2.71. The molecule has 0 saturated carbocycles. The molecule has 2 N–H and O–H groups in total. The first-order chi connectivity index (χ1) is 10.2. The zero-order valence-corrected chi connectivity index (χ0v) is 12.1. The number of carbonyl (C=O) groups is 1. The molecule has 1 aromatic heterocycles. The van der Waals surface area contributed by atoms with Crippen molar-refractivity contribution in [2.45, 2.75) is 31.7 Å². The number of pyridine rings is 1. The summed E-state index contributed by atoms with van der Waals surface area (Å²) in [6.07, 6.45) is 4.72. The quantitative estimate of drug-likeness (QED) is 0.812. The fourth-order valence-electron chi connectivity index (χ4n) is 2.71. The van der Waals surface area contributed by atoms with Gasteiger partial charge >= 0.3 is 0 Å². The minimum atomic E-state index is -0.452. The largest absolute Gasteiger partial charge is 0.395 e. The van der Waals surface area contributed by atoms with Gasteiger partial charge in [0.05, 0.1) is 18.7 Å². The van der Waals surface area contributed by atoms with Crippen molar-refractivity contribution >= 4 is 5.91 Å². The van der Waals surface area contributed by atoms with Crippen molar-refractivity contribution in [3.05, 3.63) is 29.8 Å². The highest BCUT2D eigenvalue weighted by molar-refractivity contribution is 5.78. The Morgan fingerprint density at radius 2 is 2.38 bits per heavy atom. The molecular formula is C15H22FN3O2. The van der Waals surface area contributed by atoms with Crippen molar-refractivity contribution in [1.29, 1.82) is 0 Å². The number of rotatable bonds is 6. The number of halogens is 1. The van der Waals surface area contributed by atoms with E-state index in [0.717, 1.165) is 25.8 Å². The number of carbonyl (C=O) groups excluding carboxylic acids is 1. The van der Waals surface area contributed by atoms with Gasteiger partial charge in [0, 0.05) is 25.3 Å². The van der Waals surface area contributed by atoms with E-state index in [2.05, 4.69) is 15.2 Å². The summed E-state index contributed by atoms with van der Waals surface area (Å²) in [7, 11) is 0. The van der Waals surface area contributed by atoms with E-state index in [1.54, 1.807) is 0 Å². The second kappa shape index (κ2) is 8.05. The lowest BCUT2D eigenvalue weighted by Crippen LogP contribution is -2.47. The molecule has 2 heterocycles. The van der Waals surface area contributed by atoms with Gasteiger partial charge in [0.1, 0.15) is 5.82 Å². The average molecular weight is 295 g/mol. The van der Waals surface area contributed by atoms with Crippen molar-refractivity contribution in [2.24, 2.45) is 0 Å². The predicted octanol–water partition coefficient (Wildman–Crippen LogP) is 0.726. The number of β-amino-alcohol motifs (C(OH)–C–C–N with tert-alkyl or cyclic N) is 1. The molecule has 6 heteroatoms. The third-order valence-corrected chi connectivity index (χ3v) is 3.83. The highest BCUT2D eigenvalue weighted by Crippen LogP contribution is 2.15. The van der Waals surface area contributed by atoms with E-state index in [9.17, 15) is 9.18 Å². The average Bonchev–Trinajstić information content (AvgIpc) is 2.49. The van der Waals surface area contributed by atoms with Crippen LogP contribution in [0.2, 0.25) is 0 Å². The molecule has 1 atom stereocenters. The van der Waals surface area contributed by atoms with Crippen LogP contribution in [0.15, 0.2) is 18.3 Å². The molecule has 0 spiro atoms. The number of nitrogens with one attached hydrogen (secondary N) is 1. The second-order valence-electron chi connectivity index (χ2n) is 5.32. The standard InChI is InChI=1S/C15H22FN3O2/c16-13-5-3-6-17-14(13)10-15(21)18-11-12-4-1-2-7-19(12)8-9-20/h3,5-6,12,20H,1-2,4,7-11H2,(H,18,21). The van der Waals surface area contributed by atoms with Crippen LogP contribution in [0, 0.1) is 5.82 Å². The van der Waals surface area contributed by atoms with E-state index < -0.39 is 5.82 Å². The Kier molecular flexibility index (Phi) is 6.07. The van der Waals surface area contributed by atoms with Gasteiger partial charge in [-0.25, -0.2) is 4.39 Å². The number of hydrogen-bond donors (Lipinski definition) is 2. The number of piperidine rings is 1. The van der Waals surface area contributed by atoms with E-state index >= 15 is 0 Å². The van der Waals surface area contributed by atoms with Gasteiger partial charge in [0.2, 0.25) is 5.91 Å². The highest BCUT2D eigenvalue weighted by atomic mass is 19.1. The summed E-state index contributed by atoms with van der Waals surface area (Å²) in [5.41, 5.74) is 0.172. The summed E-state index contributed by atoms with van der Waals surface area (Å²) in [5, 5.41) is 11.9. The minimum absolute atomic E-state index is 0.0423. The molecule has 21 heavy (non-hydrogen) atoms. The predicted molar refractivity (Wildman–Crippen MR) is 77.2 cm³/mol. The molecule has 1 saturated heterocycles. The van der Waals surface area contributed by atoms with Crippen LogP contribution in [-0.4, -0.2) is 53.2 Å². The molecule has 0 bridgehead atoms. The number of likely N-dealkylation sites (tertiary alicyclic amines) is 1. The number of aliphatic hydroxyl groups excluding tert-OH is 1. The second-order valence-corrected chi connectivity index (χ2v) is 5.32. The van der Waals surface area contributed by atoms with Crippen molar-refractivity contribution in [2.75, 3.05) is 26.2 Å². The summed E-state index contributed by atoms with van der Waals surface area (Å²) in [6.45, 7) is 2.25. The maximum Gasteiger partial charge on any atom is 0.226 e.